The van der Waals surface area contributed by atoms with Gasteiger partial charge in [0.2, 0.25) is 0 Å². The molecule has 0 bridgehead atoms. The van der Waals surface area contributed by atoms with Crippen LogP contribution in [0.1, 0.15) is 91.2 Å². The smallest absolute Gasteiger partial charge is 0.270 e. The highest BCUT2D eigenvalue weighted by atomic mass is 31.2. The van der Waals surface area contributed by atoms with Crippen molar-refractivity contribution < 1.29 is 18.7 Å². The molecule has 3 rings (SSSR count). The number of hydrogen-bond donors (Lipinski definition) is 0. The highest BCUT2D eigenvalue weighted by molar-refractivity contribution is 7.44. The van der Waals surface area contributed by atoms with E-state index in [0.717, 1.165) is 37.1 Å². The van der Waals surface area contributed by atoms with E-state index in [1.165, 1.54) is 18.2 Å². The van der Waals surface area contributed by atoms with Crippen LogP contribution >= 0.6 is 8.53 Å². The molecule has 0 aliphatic carbocycles. The largest absolute Gasteiger partial charge is 0.494 e. The lowest BCUT2D eigenvalue weighted by Crippen LogP contribution is -2.48. The van der Waals surface area contributed by atoms with Gasteiger partial charge < -0.3 is 18.7 Å². The average Bonchev–Trinajstić information content (AvgIpc) is 2.99. The summed E-state index contributed by atoms with van der Waals surface area (Å²) < 4.78 is 20.3. The van der Waals surface area contributed by atoms with Gasteiger partial charge in [-0.25, -0.2) is 4.67 Å². The van der Waals surface area contributed by atoms with Crippen LogP contribution in [0.25, 0.3) is 0 Å². The van der Waals surface area contributed by atoms with E-state index in [-0.39, 0.29) is 40.5 Å². The summed E-state index contributed by atoms with van der Waals surface area (Å²) in [6, 6.07) is 12.5. The lowest BCUT2D eigenvalue weighted by atomic mass is 9.79. The molecule has 2 atom stereocenters. The van der Waals surface area contributed by atoms with Crippen LogP contribution in [0, 0.1) is 32.8 Å². The van der Waals surface area contributed by atoms with Crippen LogP contribution in [0.15, 0.2) is 40.6 Å². The summed E-state index contributed by atoms with van der Waals surface area (Å²) in [5.74, 6) is 0.800. The number of anilines is 1. The van der Waals surface area contributed by atoms with Crippen LogP contribution in [-0.4, -0.2) is 54.1 Å². The predicted molar refractivity (Wildman–Crippen MR) is 180 cm³/mol. The van der Waals surface area contributed by atoms with Gasteiger partial charge in [0.15, 0.2) is 0 Å². The highest BCUT2D eigenvalue weighted by Crippen LogP contribution is 2.49. The standard InChI is InChI=1S/C33H46N7O5P/c1-23(2)39(24(3)4)46(45-17-11-14-34)44-16-10-9-15-38-31-20-32(43-8)30(19-28(31)25(5)21-33(38,6)7)37-36-29-13-12-27(40(41)42)18-26(29)22-35/h12-13,18-20,23-25H,9-11,15-17,21H2,1-8H3. The zero-order valence-electron chi connectivity index (χ0n) is 28.2. The predicted octanol–water partition coefficient (Wildman–Crippen LogP) is 9.06. The quantitative estimate of drug-likeness (QED) is 0.0569. The van der Waals surface area contributed by atoms with Gasteiger partial charge in [0.25, 0.3) is 14.2 Å². The third-order valence-corrected chi connectivity index (χ3v) is 10.0. The second kappa shape index (κ2) is 16.8. The topological polar surface area (TPSA) is 150 Å². The summed E-state index contributed by atoms with van der Waals surface area (Å²) in [6.45, 7) is 17.0. The molecule has 0 saturated carbocycles. The second-order valence-corrected chi connectivity index (χ2v) is 14.0. The first-order valence-electron chi connectivity index (χ1n) is 15.7. The number of nitriles is 2. The number of nitrogens with zero attached hydrogens (tertiary/aromatic N) is 7. The molecule has 1 heterocycles. The number of ether oxygens (including phenoxy) is 1. The third kappa shape index (κ3) is 9.20. The summed E-state index contributed by atoms with van der Waals surface area (Å²) in [5, 5.41) is 38.3. The van der Waals surface area contributed by atoms with Crippen molar-refractivity contribution in [2.75, 3.05) is 31.8 Å². The summed E-state index contributed by atoms with van der Waals surface area (Å²) in [7, 11) is 0.317. The van der Waals surface area contributed by atoms with Crippen LogP contribution in [-0.2, 0) is 9.05 Å². The number of hydrogen-bond acceptors (Lipinski definition) is 11. The first-order valence-corrected chi connectivity index (χ1v) is 16.8. The fourth-order valence-corrected chi connectivity index (χ4v) is 7.54. The number of unbranched alkanes of at least 4 members (excludes halogenated alkanes) is 1. The Balaban J connectivity index is 1.78. The van der Waals surface area contributed by atoms with Crippen LogP contribution < -0.4 is 9.64 Å². The number of methoxy groups -OCH3 is 1. The highest BCUT2D eigenvalue weighted by Gasteiger charge is 2.37. The van der Waals surface area contributed by atoms with Gasteiger partial charge in [0.1, 0.15) is 23.2 Å². The Morgan fingerprint density at radius 3 is 2.37 bits per heavy atom. The van der Waals surface area contributed by atoms with Crippen molar-refractivity contribution in [2.24, 2.45) is 10.2 Å². The van der Waals surface area contributed by atoms with Crippen molar-refractivity contribution >= 4 is 31.3 Å². The monoisotopic (exact) mass is 651 g/mol. The minimum Gasteiger partial charge on any atom is -0.494 e. The SMILES string of the molecule is COc1cc2c(cc1N=Nc1ccc([N+](=O)[O-])cc1C#N)C(C)CC(C)(C)N2CCCCOP(OCCC#N)N(C(C)C)C(C)C. The van der Waals surface area contributed by atoms with E-state index in [1.807, 2.05) is 18.2 Å². The number of nitro groups is 1. The van der Waals surface area contributed by atoms with Crippen molar-refractivity contribution in [3.8, 4) is 17.9 Å². The Labute approximate surface area is 274 Å². The zero-order valence-corrected chi connectivity index (χ0v) is 29.1. The molecular weight excluding hydrogens is 605 g/mol. The average molecular weight is 652 g/mol. The van der Waals surface area contributed by atoms with Gasteiger partial charge in [0, 0.05) is 48.1 Å². The van der Waals surface area contributed by atoms with E-state index in [4.69, 9.17) is 19.0 Å². The summed E-state index contributed by atoms with van der Waals surface area (Å²) >= 11 is 0. The van der Waals surface area contributed by atoms with Crippen molar-refractivity contribution in [3.63, 3.8) is 0 Å². The molecule has 46 heavy (non-hydrogen) atoms. The first-order chi connectivity index (χ1) is 21.8. The normalized spacial score (nSPS) is 16.5. The Hall–Kier alpha value is -3.67. The van der Waals surface area contributed by atoms with Gasteiger partial charge in [-0.05, 0) is 84.4 Å². The van der Waals surface area contributed by atoms with Gasteiger partial charge in [-0.2, -0.15) is 10.5 Å². The molecule has 13 heteroatoms. The molecule has 0 radical (unpaired) electrons. The van der Waals surface area contributed by atoms with Crippen molar-refractivity contribution in [1.29, 1.82) is 10.5 Å². The maximum Gasteiger partial charge on any atom is 0.270 e. The third-order valence-electron chi connectivity index (χ3n) is 7.90. The molecule has 0 spiro atoms. The summed E-state index contributed by atoms with van der Waals surface area (Å²) in [4.78, 5) is 13.0. The van der Waals surface area contributed by atoms with E-state index < -0.39 is 13.4 Å². The molecule has 1 aliphatic heterocycles. The van der Waals surface area contributed by atoms with E-state index >= 15 is 0 Å². The van der Waals surface area contributed by atoms with E-state index in [1.54, 1.807) is 7.11 Å². The van der Waals surface area contributed by atoms with E-state index in [0.29, 0.717) is 31.1 Å². The molecule has 0 N–H and O–H groups in total. The molecule has 12 nitrogen and oxygen atoms in total. The Bertz CT molecular complexity index is 1460. The molecule has 0 saturated heterocycles. The molecule has 0 fully saturated rings. The number of nitro benzene ring substituents is 1. The van der Waals surface area contributed by atoms with Gasteiger partial charge in [-0.15, -0.1) is 10.2 Å². The minimum atomic E-state index is -1.27. The number of non-ortho nitro benzene ring substituents is 1. The van der Waals surface area contributed by atoms with Crippen LogP contribution in [0.5, 0.6) is 5.75 Å². The fourth-order valence-electron chi connectivity index (χ4n) is 5.91. The maximum absolute atomic E-state index is 11.1. The summed E-state index contributed by atoms with van der Waals surface area (Å²) in [5.41, 5.74) is 2.78. The fraction of sp³-hybridized carbons (Fsp3) is 0.576. The number of rotatable bonds is 16. The minimum absolute atomic E-state index is 0.0718. The van der Waals surface area contributed by atoms with Crippen molar-refractivity contribution in [3.05, 3.63) is 51.6 Å². The molecule has 248 valence electrons. The van der Waals surface area contributed by atoms with Crippen LogP contribution in [0.2, 0.25) is 0 Å². The first kappa shape index (κ1) is 36.8. The second-order valence-electron chi connectivity index (χ2n) is 12.5. The maximum atomic E-state index is 11.1. The molecule has 0 amide bonds. The summed E-state index contributed by atoms with van der Waals surface area (Å²) in [6.07, 6.45) is 3.03. The molecule has 2 aromatic rings. The van der Waals surface area contributed by atoms with Gasteiger partial charge in [-0.1, -0.05) is 6.92 Å². The van der Waals surface area contributed by atoms with Crippen LogP contribution in [0.3, 0.4) is 0 Å². The van der Waals surface area contributed by atoms with Crippen molar-refractivity contribution in [1.82, 2.24) is 4.67 Å². The number of fused-ring (bicyclic) bond motifs is 1. The Morgan fingerprint density at radius 2 is 1.76 bits per heavy atom. The molecule has 0 aromatic heterocycles. The van der Waals surface area contributed by atoms with E-state index in [2.05, 4.69) is 74.3 Å². The number of azo groups is 1. The zero-order chi connectivity index (χ0) is 34.0. The van der Waals surface area contributed by atoms with Crippen LogP contribution in [0.4, 0.5) is 22.7 Å². The molecular formula is C33H46N7O5P. The molecule has 2 aromatic carbocycles. The van der Waals surface area contributed by atoms with Gasteiger partial charge in [0.05, 0.1) is 43.3 Å². The molecule has 1 aliphatic rings. The van der Waals surface area contributed by atoms with Crippen molar-refractivity contribution in [2.45, 2.75) is 97.7 Å². The molecule has 2 unspecified atom stereocenters. The van der Waals surface area contributed by atoms with Gasteiger partial charge >= 0.3 is 0 Å². The Kier molecular flexibility index (Phi) is 13.4. The van der Waals surface area contributed by atoms with Gasteiger partial charge in [-0.3, -0.25) is 10.1 Å². The Morgan fingerprint density at radius 1 is 1.09 bits per heavy atom. The number of benzene rings is 2. The van der Waals surface area contributed by atoms with E-state index in [9.17, 15) is 15.4 Å². The lowest BCUT2D eigenvalue weighted by Gasteiger charge is -2.48. The lowest BCUT2D eigenvalue weighted by molar-refractivity contribution is -0.384.